The third-order valence-electron chi connectivity index (χ3n) is 3.21. The van der Waals surface area contributed by atoms with Crippen molar-refractivity contribution in [1.29, 1.82) is 0 Å². The average Bonchev–Trinajstić information content (AvgIpc) is 2.36. The predicted molar refractivity (Wildman–Crippen MR) is 87.6 cm³/mol. The highest BCUT2D eigenvalue weighted by Crippen LogP contribution is 2.31. The highest BCUT2D eigenvalue weighted by atomic mass is 35.5. The van der Waals surface area contributed by atoms with E-state index in [-0.39, 0.29) is 5.54 Å². The van der Waals surface area contributed by atoms with Crippen LogP contribution in [0.15, 0.2) is 18.2 Å². The lowest BCUT2D eigenvalue weighted by molar-refractivity contribution is 0.424. The Morgan fingerprint density at radius 1 is 1.26 bits per heavy atom. The van der Waals surface area contributed by atoms with Crippen molar-refractivity contribution in [2.75, 3.05) is 29.5 Å². The van der Waals surface area contributed by atoms with Crippen molar-refractivity contribution in [1.82, 2.24) is 5.32 Å². The van der Waals surface area contributed by atoms with Crippen molar-refractivity contribution >= 4 is 29.1 Å². The minimum Gasteiger partial charge on any atom is -0.368 e. The molecule has 0 aliphatic carbocycles. The van der Waals surface area contributed by atoms with E-state index in [1.54, 1.807) is 0 Å². The molecule has 1 aliphatic heterocycles. The van der Waals surface area contributed by atoms with E-state index < -0.39 is 0 Å². The summed E-state index contributed by atoms with van der Waals surface area (Å²) in [5.41, 5.74) is 2.65. The van der Waals surface area contributed by atoms with E-state index in [4.69, 9.17) is 11.6 Å². The first-order valence-corrected chi connectivity index (χ1v) is 8.36. The number of para-hydroxylation sites is 1. The number of nitrogens with one attached hydrogen (secondary N) is 1. The Balaban J connectivity index is 2.20. The van der Waals surface area contributed by atoms with E-state index in [0.717, 1.165) is 24.7 Å². The molecule has 2 rings (SSSR count). The molecule has 0 atom stereocenters. The molecule has 19 heavy (non-hydrogen) atoms. The summed E-state index contributed by atoms with van der Waals surface area (Å²) in [5.74, 6) is 2.38. The molecule has 106 valence electrons. The van der Waals surface area contributed by atoms with Crippen LogP contribution < -0.4 is 10.2 Å². The summed E-state index contributed by atoms with van der Waals surface area (Å²) >= 11 is 8.46. The average molecular weight is 299 g/mol. The molecular formula is C15H23ClN2S. The molecule has 0 aromatic heterocycles. The van der Waals surface area contributed by atoms with Crippen LogP contribution in [0, 0.1) is 0 Å². The summed E-state index contributed by atoms with van der Waals surface area (Å²) in [6.07, 6.45) is 0. The molecule has 1 aliphatic rings. The van der Waals surface area contributed by atoms with Gasteiger partial charge in [0.1, 0.15) is 0 Å². The van der Waals surface area contributed by atoms with Crippen molar-refractivity contribution in [2.45, 2.75) is 32.9 Å². The van der Waals surface area contributed by atoms with E-state index in [1.165, 1.54) is 22.8 Å². The summed E-state index contributed by atoms with van der Waals surface area (Å²) in [7, 11) is 0. The van der Waals surface area contributed by atoms with Crippen LogP contribution in [0.3, 0.4) is 0 Å². The van der Waals surface area contributed by atoms with Gasteiger partial charge in [0.25, 0.3) is 0 Å². The molecule has 1 N–H and O–H groups in total. The molecule has 1 heterocycles. The van der Waals surface area contributed by atoms with Gasteiger partial charge in [0, 0.05) is 36.7 Å². The van der Waals surface area contributed by atoms with E-state index >= 15 is 0 Å². The quantitative estimate of drug-likeness (QED) is 0.914. The minimum absolute atomic E-state index is 0.122. The lowest BCUT2D eigenvalue weighted by atomic mass is 10.1. The first-order valence-electron chi connectivity index (χ1n) is 6.82. The highest BCUT2D eigenvalue weighted by Gasteiger charge is 2.18. The standard InChI is InChI=1S/C15H23ClN2S/c1-15(2,3)17-11-12-5-4-6-13(16)14(12)18-7-9-19-10-8-18/h4-6,17H,7-11H2,1-3H3. The van der Waals surface area contributed by atoms with Crippen molar-refractivity contribution in [3.8, 4) is 0 Å². The third kappa shape index (κ3) is 4.30. The molecule has 1 aromatic carbocycles. The monoisotopic (exact) mass is 298 g/mol. The number of hydrogen-bond donors (Lipinski definition) is 1. The molecule has 1 saturated heterocycles. The normalized spacial score (nSPS) is 16.7. The number of thioether (sulfide) groups is 1. The number of rotatable bonds is 3. The summed E-state index contributed by atoms with van der Waals surface area (Å²) in [6, 6.07) is 6.23. The Labute approximate surface area is 125 Å². The van der Waals surface area contributed by atoms with Gasteiger partial charge in [-0.1, -0.05) is 23.7 Å². The molecular weight excluding hydrogens is 276 g/mol. The van der Waals surface area contributed by atoms with Gasteiger partial charge >= 0.3 is 0 Å². The maximum Gasteiger partial charge on any atom is 0.0642 e. The second-order valence-corrected chi connectivity index (χ2v) is 7.58. The number of nitrogens with zero attached hydrogens (tertiary/aromatic N) is 1. The second kappa shape index (κ2) is 6.38. The molecule has 0 saturated carbocycles. The molecule has 0 spiro atoms. The Hall–Kier alpha value is -0.380. The van der Waals surface area contributed by atoms with Crippen LogP contribution in [0.25, 0.3) is 0 Å². The van der Waals surface area contributed by atoms with E-state index in [9.17, 15) is 0 Å². The van der Waals surface area contributed by atoms with Crippen molar-refractivity contribution in [3.05, 3.63) is 28.8 Å². The van der Waals surface area contributed by atoms with Crippen LogP contribution in [0.4, 0.5) is 5.69 Å². The first-order chi connectivity index (χ1) is 8.97. The highest BCUT2D eigenvalue weighted by molar-refractivity contribution is 7.99. The second-order valence-electron chi connectivity index (χ2n) is 5.95. The Kier molecular flexibility index (Phi) is 5.04. The molecule has 0 radical (unpaired) electrons. The largest absolute Gasteiger partial charge is 0.368 e. The minimum atomic E-state index is 0.122. The first kappa shape index (κ1) is 15.0. The Morgan fingerprint density at radius 2 is 1.95 bits per heavy atom. The molecule has 2 nitrogen and oxygen atoms in total. The molecule has 4 heteroatoms. The lowest BCUT2D eigenvalue weighted by Crippen LogP contribution is -2.37. The van der Waals surface area contributed by atoms with E-state index in [1.807, 2.05) is 23.9 Å². The number of hydrogen-bond acceptors (Lipinski definition) is 3. The topological polar surface area (TPSA) is 15.3 Å². The maximum absolute atomic E-state index is 6.44. The maximum atomic E-state index is 6.44. The van der Waals surface area contributed by atoms with Gasteiger partial charge in [-0.3, -0.25) is 0 Å². The number of halogens is 1. The van der Waals surface area contributed by atoms with Gasteiger partial charge in [-0.05, 0) is 32.4 Å². The fourth-order valence-corrected chi connectivity index (χ4v) is 3.42. The SMILES string of the molecule is CC(C)(C)NCc1cccc(Cl)c1N1CCSCC1. The smallest absolute Gasteiger partial charge is 0.0642 e. The van der Waals surface area contributed by atoms with Gasteiger partial charge in [-0.15, -0.1) is 0 Å². The van der Waals surface area contributed by atoms with Crippen LogP contribution >= 0.6 is 23.4 Å². The molecule has 0 bridgehead atoms. The predicted octanol–water partition coefficient (Wildman–Crippen LogP) is 3.78. The van der Waals surface area contributed by atoms with Crippen LogP contribution in [0.1, 0.15) is 26.3 Å². The van der Waals surface area contributed by atoms with Gasteiger partial charge in [0.2, 0.25) is 0 Å². The van der Waals surface area contributed by atoms with Crippen LogP contribution in [-0.2, 0) is 6.54 Å². The van der Waals surface area contributed by atoms with Crippen LogP contribution in [-0.4, -0.2) is 30.1 Å². The number of anilines is 1. The van der Waals surface area contributed by atoms with Gasteiger partial charge in [0.15, 0.2) is 0 Å². The van der Waals surface area contributed by atoms with Gasteiger partial charge in [-0.25, -0.2) is 0 Å². The van der Waals surface area contributed by atoms with Crippen LogP contribution in [0.2, 0.25) is 5.02 Å². The summed E-state index contributed by atoms with van der Waals surface area (Å²) in [6.45, 7) is 9.62. The Bertz CT molecular complexity index is 423. The molecule has 0 unspecified atom stereocenters. The van der Waals surface area contributed by atoms with Gasteiger partial charge < -0.3 is 10.2 Å². The van der Waals surface area contributed by atoms with Gasteiger partial charge in [-0.2, -0.15) is 11.8 Å². The summed E-state index contributed by atoms with van der Waals surface area (Å²) in [4.78, 5) is 2.43. The van der Waals surface area contributed by atoms with Crippen molar-refractivity contribution < 1.29 is 0 Å². The number of benzene rings is 1. The van der Waals surface area contributed by atoms with Crippen LogP contribution in [0.5, 0.6) is 0 Å². The fourth-order valence-electron chi connectivity index (χ4n) is 2.20. The lowest BCUT2D eigenvalue weighted by Gasteiger charge is -2.32. The summed E-state index contributed by atoms with van der Waals surface area (Å²) in [5, 5.41) is 4.43. The molecule has 1 fully saturated rings. The zero-order valence-corrected chi connectivity index (χ0v) is 13.6. The van der Waals surface area contributed by atoms with Crippen molar-refractivity contribution in [2.24, 2.45) is 0 Å². The Morgan fingerprint density at radius 3 is 2.58 bits per heavy atom. The van der Waals surface area contributed by atoms with E-state index in [2.05, 4.69) is 37.1 Å². The fraction of sp³-hybridized carbons (Fsp3) is 0.600. The molecule has 0 amide bonds. The zero-order chi connectivity index (χ0) is 13.9. The molecule has 1 aromatic rings. The van der Waals surface area contributed by atoms with Gasteiger partial charge in [0.05, 0.1) is 10.7 Å². The summed E-state index contributed by atoms with van der Waals surface area (Å²) < 4.78 is 0. The van der Waals surface area contributed by atoms with E-state index in [0.29, 0.717) is 0 Å². The van der Waals surface area contributed by atoms with Crippen molar-refractivity contribution in [3.63, 3.8) is 0 Å². The zero-order valence-electron chi connectivity index (χ0n) is 12.0. The third-order valence-corrected chi connectivity index (χ3v) is 4.45.